The molecule has 0 aliphatic carbocycles. The number of rotatable bonds is 8. The van der Waals surface area contributed by atoms with E-state index < -0.39 is 11.2 Å². The Bertz CT molecular complexity index is 616. The minimum Gasteiger partial charge on any atom is -0.610 e. The molecule has 0 amide bonds. The number of halogens is 1. The third-order valence-electron chi connectivity index (χ3n) is 3.19. The molecule has 2 rings (SSSR count). The van der Waals surface area contributed by atoms with Crippen molar-refractivity contribution in [1.82, 2.24) is 4.98 Å². The van der Waals surface area contributed by atoms with E-state index in [4.69, 9.17) is 11.6 Å². The maximum absolute atomic E-state index is 12.4. The fourth-order valence-corrected chi connectivity index (χ4v) is 4.73. The van der Waals surface area contributed by atoms with Crippen LogP contribution in [0.4, 0.5) is 0 Å². The fourth-order valence-electron chi connectivity index (χ4n) is 1.99. The molecule has 0 radical (unpaired) electrons. The highest BCUT2D eigenvalue weighted by molar-refractivity contribution is 7.93. The Morgan fingerprint density at radius 1 is 1.27 bits per heavy atom. The lowest BCUT2D eigenvalue weighted by atomic mass is 10.1. The summed E-state index contributed by atoms with van der Waals surface area (Å²) in [6.07, 6.45) is 4.26. The molecule has 1 atom stereocenters. The van der Waals surface area contributed by atoms with Crippen LogP contribution in [-0.4, -0.2) is 21.1 Å². The summed E-state index contributed by atoms with van der Waals surface area (Å²) >= 11 is 6.02. The Morgan fingerprint density at radius 3 is 2.68 bits per heavy atom. The Balaban J connectivity index is 2.06. The van der Waals surface area contributed by atoms with Gasteiger partial charge in [0.05, 0.1) is 0 Å². The summed E-state index contributed by atoms with van der Waals surface area (Å²) in [5, 5.41) is 0.149. The highest BCUT2D eigenvalue weighted by Crippen LogP contribution is 2.29. The number of thiazole rings is 1. The van der Waals surface area contributed by atoms with Crippen molar-refractivity contribution in [2.75, 3.05) is 5.75 Å². The number of ketones is 1. The first-order chi connectivity index (χ1) is 10.6. The van der Waals surface area contributed by atoms with Gasteiger partial charge in [0.1, 0.15) is 10.6 Å². The van der Waals surface area contributed by atoms with E-state index in [1.807, 2.05) is 6.07 Å². The van der Waals surface area contributed by atoms with Crippen LogP contribution in [0.5, 0.6) is 0 Å². The molecular formula is C16H18ClNO2S2. The zero-order valence-electron chi connectivity index (χ0n) is 12.4. The lowest BCUT2D eigenvalue weighted by Crippen LogP contribution is -2.06. The Hall–Kier alpha value is -0.880. The smallest absolute Gasteiger partial charge is 0.303 e. The summed E-state index contributed by atoms with van der Waals surface area (Å²) in [6, 6.07) is 8.92. The van der Waals surface area contributed by atoms with Crippen LogP contribution in [0.2, 0.25) is 5.15 Å². The van der Waals surface area contributed by atoms with Crippen LogP contribution in [-0.2, 0) is 11.2 Å². The molecule has 0 saturated carbocycles. The van der Waals surface area contributed by atoms with E-state index in [1.165, 1.54) is 0 Å². The number of hydrogen-bond acceptors (Lipinski definition) is 4. The number of hydrogen-bond donors (Lipinski definition) is 0. The number of benzene rings is 1. The van der Waals surface area contributed by atoms with Crippen molar-refractivity contribution < 1.29 is 9.35 Å². The minimum atomic E-state index is -1.18. The largest absolute Gasteiger partial charge is 0.610 e. The van der Waals surface area contributed by atoms with Gasteiger partial charge in [-0.1, -0.05) is 73.0 Å². The van der Waals surface area contributed by atoms with E-state index >= 15 is 0 Å². The molecular weight excluding hydrogens is 338 g/mol. The summed E-state index contributed by atoms with van der Waals surface area (Å²) < 4.78 is 12.7. The highest BCUT2D eigenvalue weighted by atomic mass is 35.5. The van der Waals surface area contributed by atoms with Crippen LogP contribution in [0.25, 0.3) is 0 Å². The third-order valence-corrected chi connectivity index (χ3v) is 6.37. The molecule has 0 bridgehead atoms. The van der Waals surface area contributed by atoms with Crippen LogP contribution in [0, 0.1) is 0 Å². The van der Waals surface area contributed by atoms with Crippen molar-refractivity contribution in [1.29, 1.82) is 0 Å². The zero-order valence-corrected chi connectivity index (χ0v) is 14.8. The molecule has 22 heavy (non-hydrogen) atoms. The van der Waals surface area contributed by atoms with Gasteiger partial charge in [0, 0.05) is 16.7 Å². The second-order valence-corrected chi connectivity index (χ2v) is 8.01. The average molecular weight is 356 g/mol. The van der Waals surface area contributed by atoms with Gasteiger partial charge in [0.25, 0.3) is 0 Å². The Morgan fingerprint density at radius 2 is 2.00 bits per heavy atom. The van der Waals surface area contributed by atoms with Crippen molar-refractivity contribution in [3.8, 4) is 0 Å². The number of carbonyl (C=O) groups excluding carboxylic acids is 1. The van der Waals surface area contributed by atoms with Gasteiger partial charge in [-0.2, -0.15) is 4.98 Å². The molecule has 0 aliphatic rings. The third kappa shape index (κ3) is 4.56. The Labute approximate surface area is 142 Å². The van der Waals surface area contributed by atoms with Crippen molar-refractivity contribution in [3.05, 3.63) is 45.9 Å². The van der Waals surface area contributed by atoms with Crippen LogP contribution in [0.15, 0.2) is 34.7 Å². The first kappa shape index (κ1) is 17.5. The van der Waals surface area contributed by atoms with Crippen LogP contribution in [0.3, 0.4) is 0 Å². The van der Waals surface area contributed by atoms with Crippen LogP contribution in [0.1, 0.15) is 47.8 Å². The van der Waals surface area contributed by atoms with Crippen molar-refractivity contribution >= 4 is 39.9 Å². The predicted molar refractivity (Wildman–Crippen MR) is 92.4 cm³/mol. The summed E-state index contributed by atoms with van der Waals surface area (Å²) in [5.74, 6) is 0.403. The molecule has 1 unspecified atom stereocenters. The van der Waals surface area contributed by atoms with Gasteiger partial charge in [0.15, 0.2) is 5.15 Å². The van der Waals surface area contributed by atoms with E-state index in [9.17, 15) is 9.35 Å². The first-order valence-electron chi connectivity index (χ1n) is 7.28. The fraction of sp³-hybridized carbons (Fsp3) is 0.375. The van der Waals surface area contributed by atoms with E-state index in [-0.39, 0.29) is 10.9 Å². The summed E-state index contributed by atoms with van der Waals surface area (Å²) in [4.78, 5) is 16.9. The number of aromatic nitrogens is 1. The van der Waals surface area contributed by atoms with Crippen LogP contribution >= 0.6 is 22.9 Å². The van der Waals surface area contributed by atoms with E-state index in [1.54, 1.807) is 24.3 Å². The quantitative estimate of drug-likeness (QED) is 0.391. The van der Waals surface area contributed by atoms with Gasteiger partial charge in [0.2, 0.25) is 5.78 Å². The first-order valence-corrected chi connectivity index (χ1v) is 9.79. The molecule has 3 nitrogen and oxygen atoms in total. The van der Waals surface area contributed by atoms with Crippen LogP contribution < -0.4 is 0 Å². The molecule has 0 aliphatic heterocycles. The van der Waals surface area contributed by atoms with E-state index in [2.05, 4.69) is 11.9 Å². The minimum absolute atomic E-state index is 0.149. The summed E-state index contributed by atoms with van der Waals surface area (Å²) in [6.45, 7) is 2.14. The van der Waals surface area contributed by atoms with Crippen molar-refractivity contribution in [2.45, 2.75) is 36.9 Å². The molecule has 1 heterocycles. The van der Waals surface area contributed by atoms with Gasteiger partial charge in [-0.05, 0) is 12.8 Å². The molecule has 0 fully saturated rings. The highest BCUT2D eigenvalue weighted by Gasteiger charge is 2.24. The second kappa shape index (κ2) is 8.67. The lowest BCUT2D eigenvalue weighted by molar-refractivity contribution is 0.104. The normalized spacial score (nSPS) is 12.3. The SMILES string of the molecule is CCCCCC[S+]([O-])c1nc(Cl)c(C(=O)c2ccccc2)s1. The number of nitrogens with zero attached hydrogens (tertiary/aromatic N) is 1. The molecule has 6 heteroatoms. The molecule has 1 aromatic heterocycles. The molecule has 1 aromatic carbocycles. The average Bonchev–Trinajstić information content (AvgIpc) is 2.93. The topological polar surface area (TPSA) is 53.0 Å². The lowest BCUT2D eigenvalue weighted by Gasteiger charge is -2.05. The summed E-state index contributed by atoms with van der Waals surface area (Å²) in [7, 11) is 0. The van der Waals surface area contributed by atoms with Crippen molar-refractivity contribution in [3.63, 3.8) is 0 Å². The van der Waals surface area contributed by atoms with Gasteiger partial charge >= 0.3 is 4.34 Å². The van der Waals surface area contributed by atoms with E-state index in [0.29, 0.717) is 20.5 Å². The number of unbranched alkanes of at least 4 members (excludes halogenated alkanes) is 3. The molecule has 0 N–H and O–H groups in total. The van der Waals surface area contributed by atoms with Gasteiger partial charge in [-0.25, -0.2) is 0 Å². The van der Waals surface area contributed by atoms with Gasteiger partial charge < -0.3 is 4.55 Å². The van der Waals surface area contributed by atoms with Gasteiger partial charge in [-0.15, -0.1) is 0 Å². The molecule has 2 aromatic rings. The molecule has 118 valence electrons. The van der Waals surface area contributed by atoms with Crippen molar-refractivity contribution in [2.24, 2.45) is 0 Å². The standard InChI is InChI=1S/C16H18ClNO2S2/c1-2-3-4-8-11-22(20)16-18-15(17)14(21-16)13(19)12-9-6-5-7-10-12/h5-7,9-10H,2-4,8,11H2,1H3. The molecule has 0 saturated heterocycles. The monoisotopic (exact) mass is 355 g/mol. The Kier molecular flexibility index (Phi) is 6.89. The molecule has 0 spiro atoms. The number of carbonyl (C=O) groups is 1. The maximum atomic E-state index is 12.4. The van der Waals surface area contributed by atoms with E-state index in [0.717, 1.165) is 37.0 Å². The maximum Gasteiger partial charge on any atom is 0.303 e. The van der Waals surface area contributed by atoms with Gasteiger partial charge in [-0.3, -0.25) is 4.79 Å². The second-order valence-electron chi connectivity index (χ2n) is 4.91. The predicted octanol–water partition coefficient (Wildman–Crippen LogP) is 4.72. The summed E-state index contributed by atoms with van der Waals surface area (Å²) in [5.41, 5.74) is 0.563. The zero-order chi connectivity index (χ0) is 15.9.